The van der Waals surface area contributed by atoms with E-state index < -0.39 is 6.03 Å². The normalized spacial score (nSPS) is 16.4. The highest BCUT2D eigenvalue weighted by Crippen LogP contribution is 2.32. The Morgan fingerprint density at radius 3 is 2.50 bits per heavy atom. The van der Waals surface area contributed by atoms with Gasteiger partial charge in [0, 0.05) is 61.9 Å². The number of hydrogen-bond acceptors (Lipinski definition) is 11. The molecule has 0 spiro atoms. The third kappa shape index (κ3) is 6.67. The topological polar surface area (TPSA) is 137 Å². The summed E-state index contributed by atoms with van der Waals surface area (Å²) in [5.41, 5.74) is 5.06. The maximum Gasteiger partial charge on any atom is 0.328 e. The number of fused-ring (bicyclic) bond motifs is 3. The lowest BCUT2D eigenvalue weighted by molar-refractivity contribution is 0.104. The van der Waals surface area contributed by atoms with Crippen molar-refractivity contribution < 1.29 is 23.7 Å². The molecule has 1 atom stereocenters. The minimum atomic E-state index is -0.392. The van der Waals surface area contributed by atoms with E-state index in [-0.39, 0.29) is 24.8 Å². The summed E-state index contributed by atoms with van der Waals surface area (Å²) in [4.78, 5) is 41.2. The molecule has 3 aromatic heterocycles. The number of amides is 1. The summed E-state index contributed by atoms with van der Waals surface area (Å²) in [5.74, 6) is 1.72. The summed E-state index contributed by atoms with van der Waals surface area (Å²) in [6, 6.07) is 16.5. The number of carbonyl (C=O) groups is 1. The fourth-order valence-corrected chi connectivity index (χ4v) is 6.26. The number of pyridine rings is 2. The van der Waals surface area contributed by atoms with Crippen molar-refractivity contribution in [3.05, 3.63) is 88.6 Å². The zero-order valence-electron chi connectivity index (χ0n) is 28.5. The number of ether oxygens (including phenoxy) is 4. The maximum atomic E-state index is 14.1. The van der Waals surface area contributed by atoms with Gasteiger partial charge in [0.15, 0.2) is 5.65 Å². The summed E-state index contributed by atoms with van der Waals surface area (Å²) in [7, 11) is 5.15. The lowest BCUT2D eigenvalue weighted by Gasteiger charge is -2.29. The van der Waals surface area contributed by atoms with E-state index >= 15 is 0 Å². The van der Waals surface area contributed by atoms with Crippen LogP contribution in [0.15, 0.2) is 71.9 Å². The van der Waals surface area contributed by atoms with E-state index in [2.05, 4.69) is 20.5 Å². The molecule has 0 unspecified atom stereocenters. The number of morpholine rings is 1. The Labute approximate surface area is 289 Å². The van der Waals surface area contributed by atoms with Crippen LogP contribution in [0.3, 0.4) is 0 Å². The number of hydrogen-bond donors (Lipinski definition) is 2. The summed E-state index contributed by atoms with van der Waals surface area (Å²) in [5, 5.41) is 6.25. The number of nitrogens with zero attached hydrogens (tertiary/aromatic N) is 6. The third-order valence-electron chi connectivity index (χ3n) is 8.86. The van der Waals surface area contributed by atoms with Gasteiger partial charge >= 0.3 is 6.03 Å². The largest absolute Gasteiger partial charge is 0.497 e. The molecule has 5 heterocycles. The first-order chi connectivity index (χ1) is 24.3. The predicted octanol–water partition coefficient (Wildman–Crippen LogP) is 4.29. The van der Waals surface area contributed by atoms with Crippen molar-refractivity contribution in [2.24, 2.45) is 0 Å². The van der Waals surface area contributed by atoms with Crippen LogP contribution in [-0.2, 0) is 22.6 Å². The van der Waals surface area contributed by atoms with Gasteiger partial charge in [-0.3, -0.25) is 9.36 Å². The number of nitrogens with one attached hydrogen (secondary N) is 2. The van der Waals surface area contributed by atoms with E-state index in [0.717, 1.165) is 29.9 Å². The Morgan fingerprint density at radius 1 is 0.960 bits per heavy atom. The predicted molar refractivity (Wildman–Crippen MR) is 191 cm³/mol. The molecule has 1 amide bonds. The molecule has 1 saturated heterocycles. The summed E-state index contributed by atoms with van der Waals surface area (Å²) < 4.78 is 25.5. The number of carbonyl (C=O) groups excluding carboxylic acids is 1. The highest BCUT2D eigenvalue weighted by atomic mass is 16.5. The van der Waals surface area contributed by atoms with E-state index in [0.29, 0.717) is 65.3 Å². The van der Waals surface area contributed by atoms with Crippen LogP contribution < -0.4 is 35.5 Å². The van der Waals surface area contributed by atoms with Crippen molar-refractivity contribution in [2.75, 3.05) is 69.3 Å². The lowest BCUT2D eigenvalue weighted by Crippen LogP contribution is -2.38. The minimum absolute atomic E-state index is 0.224. The Hall–Kier alpha value is -5.60. The monoisotopic (exact) mass is 680 g/mol. The second-order valence-electron chi connectivity index (χ2n) is 12.4. The second-order valence-corrected chi connectivity index (χ2v) is 12.4. The highest BCUT2D eigenvalue weighted by Gasteiger charge is 2.22. The first-order valence-electron chi connectivity index (χ1n) is 16.5. The summed E-state index contributed by atoms with van der Waals surface area (Å²) in [6.45, 7) is 5.81. The average molecular weight is 681 g/mol. The van der Waals surface area contributed by atoms with Crippen molar-refractivity contribution in [2.45, 2.75) is 26.1 Å². The molecule has 2 aliphatic rings. The standard InChI is InChI=1S/C36H40N8O6/c1-23-20-50-21-24-15-29(35(45)43(18-24)27-8-6-26(7-9-27)42-11-13-49-14-12-42)39-32-17-30(33-34(40-32)44(22-37-33)36(46)38-23)41(2)19-25-5-10-28(47-3)16-31(25)48-4/h5-10,15-18,22-23H,11-14,19-21H2,1-4H3,(H,38,46)(H,39,40)/t23-/m1/s1. The highest BCUT2D eigenvalue weighted by molar-refractivity contribution is 5.95. The van der Waals surface area contributed by atoms with Gasteiger partial charge in [0.2, 0.25) is 0 Å². The van der Waals surface area contributed by atoms with Crippen LogP contribution >= 0.6 is 0 Å². The van der Waals surface area contributed by atoms with E-state index in [1.54, 1.807) is 31.0 Å². The Balaban J connectivity index is 1.30. The molecular formula is C36H40N8O6. The molecule has 0 aliphatic carbocycles. The van der Waals surface area contributed by atoms with Gasteiger partial charge in [-0.2, -0.15) is 0 Å². The average Bonchev–Trinajstić information content (AvgIpc) is 3.57. The zero-order chi connectivity index (χ0) is 34.8. The van der Waals surface area contributed by atoms with Crippen LogP contribution in [0.25, 0.3) is 16.9 Å². The fraction of sp³-hybridized carbons (Fsp3) is 0.333. The molecule has 2 aliphatic heterocycles. The van der Waals surface area contributed by atoms with Crippen molar-refractivity contribution in [1.82, 2.24) is 24.4 Å². The number of benzene rings is 2. The van der Waals surface area contributed by atoms with Gasteiger partial charge in [0.25, 0.3) is 5.56 Å². The molecule has 50 heavy (non-hydrogen) atoms. The van der Waals surface area contributed by atoms with Gasteiger partial charge in [-0.05, 0) is 55.0 Å². The van der Waals surface area contributed by atoms with Gasteiger partial charge in [0.1, 0.15) is 34.8 Å². The fourth-order valence-electron chi connectivity index (χ4n) is 6.26. The molecule has 14 heteroatoms. The molecule has 4 bridgehead atoms. The van der Waals surface area contributed by atoms with Crippen LogP contribution in [0.5, 0.6) is 11.5 Å². The molecule has 1 fully saturated rings. The Morgan fingerprint density at radius 2 is 1.74 bits per heavy atom. The van der Waals surface area contributed by atoms with E-state index in [1.807, 2.05) is 67.4 Å². The van der Waals surface area contributed by atoms with Crippen LogP contribution in [0.2, 0.25) is 0 Å². The van der Waals surface area contributed by atoms with E-state index in [9.17, 15) is 9.59 Å². The van der Waals surface area contributed by atoms with Crippen LogP contribution in [0.4, 0.5) is 27.7 Å². The summed E-state index contributed by atoms with van der Waals surface area (Å²) in [6.07, 6.45) is 3.25. The van der Waals surface area contributed by atoms with Gasteiger partial charge in [-0.15, -0.1) is 0 Å². The lowest BCUT2D eigenvalue weighted by atomic mass is 10.1. The zero-order valence-corrected chi connectivity index (χ0v) is 28.5. The second kappa shape index (κ2) is 14.1. The van der Waals surface area contributed by atoms with E-state index in [4.69, 9.17) is 23.9 Å². The first kappa shape index (κ1) is 32.9. The van der Waals surface area contributed by atoms with Gasteiger partial charge in [-0.25, -0.2) is 19.3 Å². The SMILES string of the molecule is COc1ccc(CN(C)c2cc3nc4c2ncn4C(=O)N[C@H](C)COCc2cc(c(=O)n(-c4ccc(N5CCOCC5)cc4)c2)N3)c(OC)c1. The molecule has 14 nitrogen and oxygen atoms in total. The Bertz CT molecular complexity index is 2070. The van der Waals surface area contributed by atoms with Crippen LogP contribution in [0, 0.1) is 0 Å². The molecule has 260 valence electrons. The molecule has 0 saturated carbocycles. The number of rotatable bonds is 7. The van der Waals surface area contributed by atoms with Gasteiger partial charge in [0.05, 0.1) is 52.4 Å². The Kier molecular flexibility index (Phi) is 9.28. The number of imidazole rings is 1. The molecular weight excluding hydrogens is 640 g/mol. The third-order valence-corrected chi connectivity index (χ3v) is 8.86. The number of anilines is 4. The van der Waals surface area contributed by atoms with Crippen molar-refractivity contribution >= 4 is 40.1 Å². The molecule has 5 aromatic rings. The number of methoxy groups -OCH3 is 2. The van der Waals surface area contributed by atoms with Crippen molar-refractivity contribution in [3.63, 3.8) is 0 Å². The smallest absolute Gasteiger partial charge is 0.328 e. The van der Waals surface area contributed by atoms with E-state index in [1.165, 1.54) is 10.9 Å². The first-order valence-corrected chi connectivity index (χ1v) is 16.5. The molecule has 7 rings (SSSR count). The van der Waals surface area contributed by atoms with Crippen LogP contribution in [-0.4, -0.2) is 85.4 Å². The molecule has 0 radical (unpaired) electrons. The number of aromatic nitrogens is 4. The van der Waals surface area contributed by atoms with Crippen molar-refractivity contribution in [3.8, 4) is 17.2 Å². The summed E-state index contributed by atoms with van der Waals surface area (Å²) >= 11 is 0. The quantitative estimate of drug-likeness (QED) is 0.255. The van der Waals surface area contributed by atoms with Crippen LogP contribution in [0.1, 0.15) is 18.1 Å². The van der Waals surface area contributed by atoms with Gasteiger partial charge < -0.3 is 39.4 Å². The molecule has 2 aromatic carbocycles. The maximum absolute atomic E-state index is 14.1. The van der Waals surface area contributed by atoms with Crippen molar-refractivity contribution in [1.29, 1.82) is 0 Å². The minimum Gasteiger partial charge on any atom is -0.497 e. The van der Waals surface area contributed by atoms with Gasteiger partial charge in [-0.1, -0.05) is 0 Å². The molecule has 2 N–H and O–H groups in total.